The first-order valence-corrected chi connectivity index (χ1v) is 5.11. The molecule has 0 spiro atoms. The predicted molar refractivity (Wildman–Crippen MR) is 60.4 cm³/mol. The van der Waals surface area contributed by atoms with Crippen molar-refractivity contribution in [2.75, 3.05) is 19.4 Å². The van der Waals surface area contributed by atoms with Crippen molar-refractivity contribution in [1.82, 2.24) is 30.2 Å². The van der Waals surface area contributed by atoms with Crippen molar-refractivity contribution in [3.8, 4) is 0 Å². The molecule has 2 rings (SSSR count). The Balaban J connectivity index is 2.15. The number of carbonyl (C=O) groups is 1. The molecule has 0 fully saturated rings. The molecule has 8 heteroatoms. The summed E-state index contributed by atoms with van der Waals surface area (Å²) in [7, 11) is 3.41. The second-order valence-corrected chi connectivity index (χ2v) is 3.84. The van der Waals surface area contributed by atoms with E-state index < -0.39 is 0 Å². The quantitative estimate of drug-likeness (QED) is 0.764. The van der Waals surface area contributed by atoms with Crippen molar-refractivity contribution in [2.45, 2.75) is 13.0 Å². The van der Waals surface area contributed by atoms with Gasteiger partial charge in [0.15, 0.2) is 5.65 Å². The molecule has 0 aliphatic carbocycles. The van der Waals surface area contributed by atoms with E-state index in [9.17, 15) is 4.79 Å². The molecule has 0 aliphatic heterocycles. The van der Waals surface area contributed by atoms with E-state index in [1.807, 2.05) is 0 Å². The number of nitrogens with one attached hydrogen (secondary N) is 1. The summed E-state index contributed by atoms with van der Waals surface area (Å²) in [5.74, 6) is 0.524. The largest absolute Gasteiger partial charge is 0.357 e. The molecule has 0 aromatic carbocycles. The Morgan fingerprint density at radius 1 is 1.47 bits per heavy atom. The smallest absolute Gasteiger partial charge is 0.244 e. The number of amides is 1. The lowest BCUT2D eigenvalue weighted by Gasteiger charge is -2.18. The molecule has 8 nitrogen and oxygen atoms in total. The zero-order chi connectivity index (χ0) is 12.4. The number of aromatic nitrogens is 5. The second kappa shape index (κ2) is 4.32. The highest BCUT2D eigenvalue weighted by atomic mass is 16.2. The average Bonchev–Trinajstić information content (AvgIpc) is 2.74. The Bertz CT molecular complexity index is 535. The van der Waals surface area contributed by atoms with Gasteiger partial charge in [0.1, 0.15) is 11.9 Å². The molecule has 0 saturated heterocycles. The Hall–Kier alpha value is -2.25. The summed E-state index contributed by atoms with van der Waals surface area (Å²) in [5, 5.41) is 18.0. The van der Waals surface area contributed by atoms with Crippen LogP contribution in [0.1, 0.15) is 6.92 Å². The van der Waals surface area contributed by atoms with Crippen LogP contribution in [0.25, 0.3) is 5.65 Å². The van der Waals surface area contributed by atoms with Crippen molar-refractivity contribution in [3.05, 3.63) is 12.1 Å². The number of hydrogen-bond acceptors (Lipinski definition) is 6. The summed E-state index contributed by atoms with van der Waals surface area (Å²) in [4.78, 5) is 13.2. The lowest BCUT2D eigenvalue weighted by atomic mass is 10.3. The molecule has 1 unspecified atom stereocenters. The molecule has 1 amide bonds. The summed E-state index contributed by atoms with van der Waals surface area (Å²) in [5.41, 5.74) is 0.558. The third-order valence-corrected chi connectivity index (χ3v) is 2.25. The van der Waals surface area contributed by atoms with E-state index in [0.717, 1.165) is 0 Å². The minimum Gasteiger partial charge on any atom is -0.357 e. The van der Waals surface area contributed by atoms with Crippen LogP contribution in [0.2, 0.25) is 0 Å². The number of carbonyl (C=O) groups excluding carboxylic acids is 1. The van der Waals surface area contributed by atoms with Gasteiger partial charge in [-0.2, -0.15) is 0 Å². The first kappa shape index (κ1) is 11.2. The third kappa shape index (κ3) is 2.30. The van der Waals surface area contributed by atoms with E-state index in [4.69, 9.17) is 0 Å². The second-order valence-electron chi connectivity index (χ2n) is 3.84. The topological polar surface area (TPSA) is 88.3 Å². The Labute approximate surface area is 97.6 Å². The summed E-state index contributed by atoms with van der Waals surface area (Å²) < 4.78 is 1.30. The third-order valence-electron chi connectivity index (χ3n) is 2.25. The Kier molecular flexibility index (Phi) is 2.86. The molecule has 17 heavy (non-hydrogen) atoms. The van der Waals surface area contributed by atoms with Gasteiger partial charge in [-0.1, -0.05) is 0 Å². The van der Waals surface area contributed by atoms with Gasteiger partial charge in [-0.15, -0.1) is 14.8 Å². The van der Waals surface area contributed by atoms with Crippen LogP contribution in [0.3, 0.4) is 0 Å². The summed E-state index contributed by atoms with van der Waals surface area (Å²) >= 11 is 0. The fourth-order valence-electron chi connectivity index (χ4n) is 1.40. The summed E-state index contributed by atoms with van der Waals surface area (Å²) in [6, 6.07) is 3.10. The fourth-order valence-corrected chi connectivity index (χ4v) is 1.40. The van der Waals surface area contributed by atoms with Crippen molar-refractivity contribution < 1.29 is 4.79 Å². The van der Waals surface area contributed by atoms with E-state index in [-0.39, 0.29) is 11.9 Å². The van der Waals surface area contributed by atoms with Gasteiger partial charge in [0, 0.05) is 14.1 Å². The van der Waals surface area contributed by atoms with Gasteiger partial charge < -0.3 is 10.2 Å². The number of nitrogens with zero attached hydrogens (tertiary/aromatic N) is 6. The minimum atomic E-state index is -0.355. The highest BCUT2D eigenvalue weighted by molar-refractivity contribution is 5.83. The summed E-state index contributed by atoms with van der Waals surface area (Å²) in [6.45, 7) is 1.77. The van der Waals surface area contributed by atoms with Gasteiger partial charge in [0.05, 0.1) is 0 Å². The van der Waals surface area contributed by atoms with Gasteiger partial charge in [-0.05, 0) is 29.5 Å². The number of rotatable bonds is 3. The Morgan fingerprint density at radius 3 is 2.94 bits per heavy atom. The van der Waals surface area contributed by atoms with Gasteiger partial charge in [0.25, 0.3) is 0 Å². The van der Waals surface area contributed by atoms with Crippen molar-refractivity contribution >= 4 is 17.4 Å². The van der Waals surface area contributed by atoms with Crippen LogP contribution in [-0.2, 0) is 4.79 Å². The molecule has 2 heterocycles. The van der Waals surface area contributed by atoms with E-state index >= 15 is 0 Å². The molecule has 0 bridgehead atoms. The molecule has 1 atom stereocenters. The van der Waals surface area contributed by atoms with Crippen LogP contribution in [0.4, 0.5) is 5.82 Å². The maximum Gasteiger partial charge on any atom is 0.244 e. The van der Waals surface area contributed by atoms with Crippen molar-refractivity contribution in [1.29, 1.82) is 0 Å². The van der Waals surface area contributed by atoms with Gasteiger partial charge in [0.2, 0.25) is 5.91 Å². The van der Waals surface area contributed by atoms with Crippen LogP contribution in [0, 0.1) is 0 Å². The first-order chi connectivity index (χ1) is 8.08. The van der Waals surface area contributed by atoms with Crippen LogP contribution in [-0.4, -0.2) is 56.2 Å². The van der Waals surface area contributed by atoms with E-state index in [1.165, 1.54) is 9.53 Å². The maximum absolute atomic E-state index is 11.6. The molecule has 0 radical (unpaired) electrons. The SMILES string of the molecule is CC(Nc1ccc2nnnn2n1)C(=O)N(C)C. The van der Waals surface area contributed by atoms with Crippen LogP contribution in [0.15, 0.2) is 12.1 Å². The molecule has 1 N–H and O–H groups in total. The number of likely N-dealkylation sites (N-methyl/N-ethyl adjacent to an activating group) is 1. The first-order valence-electron chi connectivity index (χ1n) is 5.11. The van der Waals surface area contributed by atoms with E-state index in [2.05, 4.69) is 25.9 Å². The molecule has 2 aromatic heterocycles. The lowest BCUT2D eigenvalue weighted by Crippen LogP contribution is -2.36. The zero-order valence-corrected chi connectivity index (χ0v) is 9.82. The number of tetrazole rings is 1. The minimum absolute atomic E-state index is 0.0244. The van der Waals surface area contributed by atoms with Crippen LogP contribution in [0.5, 0.6) is 0 Å². The van der Waals surface area contributed by atoms with Crippen molar-refractivity contribution in [3.63, 3.8) is 0 Å². The predicted octanol–water partition coefficient (Wildman–Crippen LogP) is -0.592. The van der Waals surface area contributed by atoms with Crippen LogP contribution < -0.4 is 5.32 Å². The normalized spacial score (nSPS) is 12.4. The van der Waals surface area contributed by atoms with Crippen LogP contribution >= 0.6 is 0 Å². The molecule has 2 aromatic rings. The molecule has 90 valence electrons. The molecular formula is C9H13N7O. The highest BCUT2D eigenvalue weighted by Crippen LogP contribution is 2.05. The van der Waals surface area contributed by atoms with E-state index in [1.54, 1.807) is 33.2 Å². The maximum atomic E-state index is 11.6. The number of hydrogen-bond donors (Lipinski definition) is 1. The van der Waals surface area contributed by atoms with E-state index in [0.29, 0.717) is 11.5 Å². The molecule has 0 aliphatic rings. The highest BCUT2D eigenvalue weighted by Gasteiger charge is 2.15. The van der Waals surface area contributed by atoms with Crippen molar-refractivity contribution in [2.24, 2.45) is 0 Å². The Morgan fingerprint density at radius 2 is 2.24 bits per heavy atom. The standard InChI is InChI=1S/C9H13N7O/c1-6(9(17)15(2)3)10-7-4-5-8-11-13-14-16(8)12-7/h4-6H,1-3H3,(H,10,12). The molecular weight excluding hydrogens is 222 g/mol. The fraction of sp³-hybridized carbons (Fsp3) is 0.444. The number of anilines is 1. The van der Waals surface area contributed by atoms with Gasteiger partial charge >= 0.3 is 0 Å². The monoisotopic (exact) mass is 235 g/mol. The average molecular weight is 235 g/mol. The number of fused-ring (bicyclic) bond motifs is 1. The van der Waals surface area contributed by atoms with Gasteiger partial charge in [-0.25, -0.2) is 0 Å². The zero-order valence-electron chi connectivity index (χ0n) is 9.82. The summed E-state index contributed by atoms with van der Waals surface area (Å²) in [6.07, 6.45) is 0. The lowest BCUT2D eigenvalue weighted by molar-refractivity contribution is -0.129. The van der Waals surface area contributed by atoms with Gasteiger partial charge in [-0.3, -0.25) is 4.79 Å². The molecule has 0 saturated carbocycles.